The summed E-state index contributed by atoms with van der Waals surface area (Å²) in [6, 6.07) is 0. The number of fused-ring (bicyclic) bond motifs is 1. The quantitative estimate of drug-likeness (QED) is 0.559. The fraction of sp³-hybridized carbons (Fsp3) is 0.812. The van der Waals surface area contributed by atoms with Gasteiger partial charge in [0.15, 0.2) is 0 Å². The van der Waals surface area contributed by atoms with Crippen LogP contribution < -0.4 is 5.32 Å². The van der Waals surface area contributed by atoms with Gasteiger partial charge in [-0.2, -0.15) is 7.05 Å². The summed E-state index contributed by atoms with van der Waals surface area (Å²) in [5.74, 6) is 1.49. The van der Waals surface area contributed by atoms with Gasteiger partial charge in [-0.05, 0) is 50.9 Å². The van der Waals surface area contributed by atoms with Crippen LogP contribution in [0.15, 0.2) is 12.2 Å². The van der Waals surface area contributed by atoms with Crippen LogP contribution in [0.4, 0.5) is 0 Å². The topological polar surface area (TPSA) is 16.6 Å². The maximum absolute atomic E-state index is 4.27. The van der Waals surface area contributed by atoms with Gasteiger partial charge in [-0.15, -0.1) is 0 Å². The Morgan fingerprint density at radius 3 is 2.47 bits per heavy atom. The van der Waals surface area contributed by atoms with E-state index in [0.29, 0.717) is 11.0 Å². The number of allylic oxidation sites excluding steroid dienone is 1. The highest BCUT2D eigenvalue weighted by molar-refractivity contribution is 5.11. The third-order valence-electron chi connectivity index (χ3n) is 5.69. The summed E-state index contributed by atoms with van der Waals surface area (Å²) in [4.78, 5) is 0. The Labute approximate surface area is 107 Å². The second kappa shape index (κ2) is 4.42. The number of hydrogen-bond acceptors (Lipinski definition) is 0. The number of nitrogens with two attached hydrogens (primary N) is 1. The smallest absolute Gasteiger partial charge is 0.0734 e. The van der Waals surface area contributed by atoms with Crippen LogP contribution in [0.5, 0.6) is 0 Å². The first kappa shape index (κ1) is 13.1. The molecule has 0 spiro atoms. The van der Waals surface area contributed by atoms with E-state index in [1.165, 1.54) is 44.1 Å². The fourth-order valence-electron chi connectivity index (χ4n) is 4.86. The molecule has 0 aromatic rings. The average molecular weight is 235 g/mol. The molecule has 98 valence electrons. The lowest BCUT2D eigenvalue weighted by molar-refractivity contribution is -0.690. The maximum atomic E-state index is 4.27. The van der Waals surface area contributed by atoms with E-state index in [1.807, 2.05) is 0 Å². The standard InChI is InChI=1S/C16H29N/c1-12(2)13-8-6-9-15(3)10-7-11-16(4,17-5)14(13)15/h13-14H,1,5-11,17H2,2-4H3. The third-order valence-corrected chi connectivity index (χ3v) is 5.69. The molecule has 0 aliphatic heterocycles. The zero-order valence-corrected chi connectivity index (χ0v) is 11.9. The van der Waals surface area contributed by atoms with E-state index in [9.17, 15) is 0 Å². The van der Waals surface area contributed by atoms with E-state index < -0.39 is 0 Å². The lowest BCUT2D eigenvalue weighted by atomic mass is 9.50. The molecular weight excluding hydrogens is 206 g/mol. The van der Waals surface area contributed by atoms with E-state index in [2.05, 4.69) is 39.7 Å². The van der Waals surface area contributed by atoms with Crippen molar-refractivity contribution in [1.82, 2.24) is 0 Å². The van der Waals surface area contributed by atoms with Crippen LogP contribution in [0.1, 0.15) is 59.3 Å². The SMILES string of the molecule is C=C(C)C1CCCC2(C)CCCC(C)([NH2+][CH2-])C12. The van der Waals surface area contributed by atoms with Crippen molar-refractivity contribution in [3.8, 4) is 0 Å². The number of hydrogen-bond donors (Lipinski definition) is 1. The molecule has 0 saturated heterocycles. The first-order valence-corrected chi connectivity index (χ1v) is 7.22. The van der Waals surface area contributed by atoms with Crippen molar-refractivity contribution < 1.29 is 5.32 Å². The molecule has 1 heteroatoms. The summed E-state index contributed by atoms with van der Waals surface area (Å²) in [6.07, 6.45) is 8.24. The molecule has 0 bridgehead atoms. The third kappa shape index (κ3) is 2.07. The van der Waals surface area contributed by atoms with Gasteiger partial charge in [0.25, 0.3) is 0 Å². The Morgan fingerprint density at radius 1 is 1.24 bits per heavy atom. The van der Waals surface area contributed by atoms with Crippen molar-refractivity contribution in [3.05, 3.63) is 19.2 Å². The van der Waals surface area contributed by atoms with Gasteiger partial charge in [-0.25, -0.2) is 0 Å². The Balaban J connectivity index is 2.37. The van der Waals surface area contributed by atoms with Crippen LogP contribution in [0.3, 0.4) is 0 Å². The highest BCUT2D eigenvalue weighted by atomic mass is 15.0. The van der Waals surface area contributed by atoms with Gasteiger partial charge in [-0.3, -0.25) is 0 Å². The van der Waals surface area contributed by atoms with E-state index in [4.69, 9.17) is 0 Å². The Hall–Kier alpha value is -0.300. The second-order valence-electron chi connectivity index (χ2n) is 7.04. The van der Waals surface area contributed by atoms with Crippen molar-refractivity contribution in [2.24, 2.45) is 17.3 Å². The summed E-state index contributed by atoms with van der Waals surface area (Å²) in [7, 11) is 4.14. The minimum absolute atomic E-state index is 0.330. The van der Waals surface area contributed by atoms with Crippen molar-refractivity contribution >= 4 is 0 Å². The molecule has 0 amide bonds. The molecule has 0 radical (unpaired) electrons. The Bertz CT molecular complexity index is 293. The predicted molar refractivity (Wildman–Crippen MR) is 73.3 cm³/mol. The molecule has 2 N–H and O–H groups in total. The van der Waals surface area contributed by atoms with E-state index in [0.717, 1.165) is 11.8 Å². The summed E-state index contributed by atoms with van der Waals surface area (Å²) >= 11 is 0. The van der Waals surface area contributed by atoms with Gasteiger partial charge in [0.1, 0.15) is 0 Å². The summed E-state index contributed by atoms with van der Waals surface area (Å²) < 4.78 is 0. The molecule has 4 atom stereocenters. The van der Waals surface area contributed by atoms with Crippen molar-refractivity contribution in [1.29, 1.82) is 0 Å². The summed E-state index contributed by atoms with van der Waals surface area (Å²) in [5, 5.41) is 2.25. The van der Waals surface area contributed by atoms with Crippen LogP contribution in [0.25, 0.3) is 0 Å². The zero-order chi connectivity index (χ0) is 12.7. The van der Waals surface area contributed by atoms with E-state index in [-0.39, 0.29) is 0 Å². The van der Waals surface area contributed by atoms with Gasteiger partial charge >= 0.3 is 0 Å². The van der Waals surface area contributed by atoms with Crippen molar-refractivity contribution in [2.45, 2.75) is 64.8 Å². The molecule has 0 heterocycles. The van der Waals surface area contributed by atoms with Crippen LogP contribution in [0.2, 0.25) is 0 Å². The van der Waals surface area contributed by atoms with Crippen molar-refractivity contribution in [3.63, 3.8) is 0 Å². The number of quaternary nitrogens is 1. The fourth-order valence-corrected chi connectivity index (χ4v) is 4.86. The minimum Gasteiger partial charge on any atom is -0.474 e. The average Bonchev–Trinajstić information content (AvgIpc) is 2.27. The molecule has 2 rings (SSSR count). The highest BCUT2D eigenvalue weighted by Gasteiger charge is 2.54. The second-order valence-corrected chi connectivity index (χ2v) is 7.04. The zero-order valence-electron chi connectivity index (χ0n) is 11.9. The van der Waals surface area contributed by atoms with E-state index in [1.54, 1.807) is 0 Å². The van der Waals surface area contributed by atoms with Crippen LogP contribution in [-0.2, 0) is 0 Å². The molecule has 17 heavy (non-hydrogen) atoms. The van der Waals surface area contributed by atoms with Gasteiger partial charge in [0.05, 0.1) is 5.54 Å². The molecule has 2 aliphatic rings. The minimum atomic E-state index is 0.330. The van der Waals surface area contributed by atoms with Crippen LogP contribution in [0, 0.1) is 24.3 Å². The van der Waals surface area contributed by atoms with Gasteiger partial charge < -0.3 is 5.32 Å². The Kier molecular flexibility index (Phi) is 3.42. The molecule has 0 aromatic heterocycles. The molecule has 2 saturated carbocycles. The molecule has 4 unspecified atom stereocenters. The first-order valence-electron chi connectivity index (χ1n) is 7.22. The largest absolute Gasteiger partial charge is 0.474 e. The summed E-state index contributed by atoms with van der Waals surface area (Å²) in [5.41, 5.74) is 2.26. The monoisotopic (exact) mass is 235 g/mol. The molecule has 1 nitrogen and oxygen atoms in total. The van der Waals surface area contributed by atoms with Gasteiger partial charge in [0, 0.05) is 12.3 Å². The molecule has 2 fully saturated rings. The van der Waals surface area contributed by atoms with Crippen LogP contribution >= 0.6 is 0 Å². The van der Waals surface area contributed by atoms with Crippen LogP contribution in [-0.4, -0.2) is 5.54 Å². The van der Waals surface area contributed by atoms with Gasteiger partial charge in [0.2, 0.25) is 0 Å². The molecular formula is C16H29N. The van der Waals surface area contributed by atoms with Crippen molar-refractivity contribution in [2.75, 3.05) is 0 Å². The lowest BCUT2D eigenvalue weighted by Gasteiger charge is -2.57. The highest BCUT2D eigenvalue weighted by Crippen LogP contribution is 2.56. The predicted octanol–water partition coefficient (Wildman–Crippen LogP) is 3.28. The molecule has 2 aliphatic carbocycles. The molecule has 0 aromatic carbocycles. The Morgan fingerprint density at radius 2 is 1.88 bits per heavy atom. The maximum Gasteiger partial charge on any atom is 0.0734 e. The van der Waals surface area contributed by atoms with E-state index >= 15 is 0 Å². The normalized spacial score (nSPS) is 46.4. The number of rotatable bonds is 2. The first-order chi connectivity index (χ1) is 7.93. The lowest BCUT2D eigenvalue weighted by Crippen LogP contribution is -2.94. The summed E-state index contributed by atoms with van der Waals surface area (Å²) in [6.45, 7) is 11.5. The van der Waals surface area contributed by atoms with Gasteiger partial charge in [-0.1, -0.05) is 25.5 Å².